The van der Waals surface area contributed by atoms with Gasteiger partial charge in [-0.05, 0) is 56.5 Å². The van der Waals surface area contributed by atoms with Crippen LogP contribution >= 0.6 is 0 Å². The van der Waals surface area contributed by atoms with Crippen molar-refractivity contribution in [2.75, 3.05) is 24.2 Å². The number of amides is 2. The number of anilines is 1. The molecular formula is C28H37N3O6S. The van der Waals surface area contributed by atoms with Crippen molar-refractivity contribution in [3.05, 3.63) is 59.7 Å². The van der Waals surface area contributed by atoms with Gasteiger partial charge < -0.3 is 15.0 Å². The van der Waals surface area contributed by atoms with Crippen LogP contribution in [0.1, 0.15) is 61.9 Å². The molecule has 3 rings (SSSR count). The lowest BCUT2D eigenvalue weighted by Gasteiger charge is -2.33. The molecule has 38 heavy (non-hydrogen) atoms. The third-order valence-corrected chi connectivity index (χ3v) is 7.97. The Labute approximate surface area is 225 Å². The Hall–Kier alpha value is -3.40. The Morgan fingerprint density at radius 3 is 2.37 bits per heavy atom. The molecule has 0 aliphatic heterocycles. The minimum atomic E-state index is -3.89. The monoisotopic (exact) mass is 543 g/mol. The van der Waals surface area contributed by atoms with Gasteiger partial charge in [-0.1, -0.05) is 43.5 Å². The summed E-state index contributed by atoms with van der Waals surface area (Å²) in [5, 5.41) is 3.07. The molecule has 0 radical (unpaired) electrons. The minimum Gasteiger partial charge on any atom is -0.497 e. The first-order valence-electron chi connectivity index (χ1n) is 12.8. The van der Waals surface area contributed by atoms with Crippen molar-refractivity contribution < 1.29 is 27.5 Å². The Morgan fingerprint density at radius 1 is 1.05 bits per heavy atom. The van der Waals surface area contributed by atoms with Gasteiger partial charge in [-0.25, -0.2) is 8.42 Å². The third-order valence-electron chi connectivity index (χ3n) is 6.83. The zero-order valence-electron chi connectivity index (χ0n) is 22.5. The summed E-state index contributed by atoms with van der Waals surface area (Å²) in [6.07, 6.45) is 6.05. The fraction of sp³-hybridized carbons (Fsp3) is 0.464. The maximum atomic E-state index is 13.7. The van der Waals surface area contributed by atoms with Gasteiger partial charge in [0.15, 0.2) is 5.78 Å². The zero-order valence-corrected chi connectivity index (χ0v) is 23.3. The van der Waals surface area contributed by atoms with E-state index in [1.165, 1.54) is 24.0 Å². The molecule has 1 aliphatic carbocycles. The predicted molar refractivity (Wildman–Crippen MR) is 147 cm³/mol. The summed E-state index contributed by atoms with van der Waals surface area (Å²) in [4.78, 5) is 40.2. The van der Waals surface area contributed by atoms with Gasteiger partial charge in [-0.2, -0.15) is 0 Å². The quantitative estimate of drug-likeness (QED) is 0.434. The lowest BCUT2D eigenvalue weighted by molar-refractivity contribution is -0.139. The van der Waals surface area contributed by atoms with Crippen LogP contribution in [0.4, 0.5) is 5.69 Å². The number of nitrogens with one attached hydrogen (secondary N) is 1. The predicted octanol–water partition coefficient (Wildman–Crippen LogP) is 3.53. The summed E-state index contributed by atoms with van der Waals surface area (Å²) in [6.45, 7) is 2.60. The molecule has 1 N–H and O–H groups in total. The van der Waals surface area contributed by atoms with Gasteiger partial charge in [0, 0.05) is 18.2 Å². The topological polar surface area (TPSA) is 113 Å². The van der Waals surface area contributed by atoms with Crippen molar-refractivity contribution in [2.45, 2.75) is 64.6 Å². The number of sulfonamides is 1. The molecule has 1 unspecified atom stereocenters. The molecule has 0 bridgehead atoms. The van der Waals surface area contributed by atoms with Crippen LogP contribution in [0.15, 0.2) is 48.5 Å². The summed E-state index contributed by atoms with van der Waals surface area (Å²) in [5.41, 5.74) is 1.27. The van der Waals surface area contributed by atoms with Crippen LogP contribution in [0.5, 0.6) is 5.75 Å². The average Bonchev–Trinajstić information content (AvgIpc) is 2.89. The fourth-order valence-electron chi connectivity index (χ4n) is 4.61. The molecule has 2 aromatic carbocycles. The summed E-state index contributed by atoms with van der Waals surface area (Å²) >= 11 is 0. The SMILES string of the molecule is COc1cccc(CN(C(=O)CN(c2cccc(C(C)=O)c2)S(C)(=O)=O)C(C)C(=O)NC2CCCCC2)c1. The summed E-state index contributed by atoms with van der Waals surface area (Å²) < 4.78 is 31.8. The van der Waals surface area contributed by atoms with Gasteiger partial charge in [0.1, 0.15) is 18.3 Å². The lowest BCUT2D eigenvalue weighted by atomic mass is 9.95. The van der Waals surface area contributed by atoms with Crippen LogP contribution in [-0.4, -0.2) is 62.9 Å². The second kappa shape index (κ2) is 12.9. The van der Waals surface area contributed by atoms with Crippen molar-refractivity contribution in [3.8, 4) is 5.75 Å². The summed E-state index contributed by atoms with van der Waals surface area (Å²) in [6, 6.07) is 12.5. The van der Waals surface area contributed by atoms with Crippen LogP contribution in [0.3, 0.4) is 0 Å². The highest BCUT2D eigenvalue weighted by Gasteiger charge is 2.31. The van der Waals surface area contributed by atoms with E-state index in [1.807, 2.05) is 6.07 Å². The highest BCUT2D eigenvalue weighted by molar-refractivity contribution is 7.92. The number of ether oxygens (including phenoxy) is 1. The van der Waals surface area contributed by atoms with Crippen LogP contribution < -0.4 is 14.4 Å². The van der Waals surface area contributed by atoms with E-state index in [0.29, 0.717) is 11.3 Å². The molecule has 206 valence electrons. The number of carbonyl (C=O) groups excluding carboxylic acids is 3. The Kier molecular flexibility index (Phi) is 9.90. The molecule has 10 heteroatoms. The smallest absolute Gasteiger partial charge is 0.244 e. The van der Waals surface area contributed by atoms with Gasteiger partial charge in [-0.15, -0.1) is 0 Å². The number of benzene rings is 2. The van der Waals surface area contributed by atoms with E-state index in [4.69, 9.17) is 4.74 Å². The van der Waals surface area contributed by atoms with Crippen LogP contribution in [0.2, 0.25) is 0 Å². The van der Waals surface area contributed by atoms with E-state index >= 15 is 0 Å². The molecule has 0 spiro atoms. The molecule has 2 amide bonds. The van der Waals surface area contributed by atoms with Crippen molar-refractivity contribution in [1.82, 2.24) is 10.2 Å². The maximum Gasteiger partial charge on any atom is 0.244 e. The number of rotatable bonds is 11. The van der Waals surface area contributed by atoms with E-state index in [9.17, 15) is 22.8 Å². The minimum absolute atomic E-state index is 0.0642. The molecule has 0 heterocycles. The van der Waals surface area contributed by atoms with Crippen LogP contribution in [0, 0.1) is 0 Å². The van der Waals surface area contributed by atoms with E-state index in [-0.39, 0.29) is 30.0 Å². The van der Waals surface area contributed by atoms with E-state index in [1.54, 1.807) is 44.4 Å². The van der Waals surface area contributed by atoms with Crippen LogP contribution in [-0.2, 0) is 26.2 Å². The molecule has 0 aromatic heterocycles. The van der Waals surface area contributed by atoms with Gasteiger partial charge in [0.2, 0.25) is 21.8 Å². The van der Waals surface area contributed by atoms with Gasteiger partial charge in [-0.3, -0.25) is 18.7 Å². The fourth-order valence-corrected chi connectivity index (χ4v) is 5.45. The Morgan fingerprint density at radius 2 is 1.74 bits per heavy atom. The van der Waals surface area contributed by atoms with Crippen molar-refractivity contribution >= 4 is 33.3 Å². The second-order valence-electron chi connectivity index (χ2n) is 9.77. The molecule has 0 saturated heterocycles. The summed E-state index contributed by atoms with van der Waals surface area (Å²) in [5.74, 6) is -0.442. The maximum absolute atomic E-state index is 13.7. The molecule has 2 aromatic rings. The van der Waals surface area contributed by atoms with E-state index in [0.717, 1.165) is 48.2 Å². The van der Waals surface area contributed by atoms with Crippen LogP contribution in [0.25, 0.3) is 0 Å². The van der Waals surface area contributed by atoms with Crippen molar-refractivity contribution in [1.29, 1.82) is 0 Å². The second-order valence-corrected chi connectivity index (χ2v) is 11.7. The van der Waals surface area contributed by atoms with E-state index in [2.05, 4.69) is 5.32 Å². The van der Waals surface area contributed by atoms with Gasteiger partial charge in [0.05, 0.1) is 19.1 Å². The van der Waals surface area contributed by atoms with Gasteiger partial charge >= 0.3 is 0 Å². The van der Waals surface area contributed by atoms with Crippen molar-refractivity contribution in [2.24, 2.45) is 0 Å². The highest BCUT2D eigenvalue weighted by Crippen LogP contribution is 2.22. The molecule has 1 saturated carbocycles. The average molecular weight is 544 g/mol. The van der Waals surface area contributed by atoms with Gasteiger partial charge in [0.25, 0.3) is 0 Å². The third kappa shape index (κ3) is 7.80. The molecule has 9 nitrogen and oxygen atoms in total. The first kappa shape index (κ1) is 29.2. The lowest BCUT2D eigenvalue weighted by Crippen LogP contribution is -2.53. The number of ketones is 1. The number of methoxy groups -OCH3 is 1. The molecule has 1 atom stereocenters. The standard InChI is InChI=1S/C28H37N3O6S/c1-20(28(34)29-24-12-6-5-7-13-24)30(18-22-10-8-15-26(16-22)37-3)27(33)19-31(38(4,35)36)25-14-9-11-23(17-25)21(2)32/h8-11,14-17,20,24H,5-7,12-13,18-19H2,1-4H3,(H,29,34). The summed E-state index contributed by atoms with van der Waals surface area (Å²) in [7, 11) is -2.34. The molecule has 1 aliphatic rings. The molecule has 1 fully saturated rings. The first-order valence-corrected chi connectivity index (χ1v) is 14.7. The Balaban J connectivity index is 1.91. The number of nitrogens with zero attached hydrogens (tertiary/aromatic N) is 2. The normalized spacial score (nSPS) is 14.8. The van der Waals surface area contributed by atoms with E-state index < -0.39 is 28.5 Å². The largest absolute Gasteiger partial charge is 0.497 e. The Bertz CT molecular complexity index is 1260. The highest BCUT2D eigenvalue weighted by atomic mass is 32.2. The zero-order chi connectivity index (χ0) is 27.9. The number of hydrogen-bond donors (Lipinski definition) is 1. The number of carbonyl (C=O) groups is 3. The number of Topliss-reactive ketones (excluding diaryl/α,β-unsaturated/α-hetero) is 1. The van der Waals surface area contributed by atoms with Crippen molar-refractivity contribution in [3.63, 3.8) is 0 Å². The molecular weight excluding hydrogens is 506 g/mol. The first-order chi connectivity index (χ1) is 18.0. The number of hydrogen-bond acceptors (Lipinski definition) is 6.